The van der Waals surface area contributed by atoms with E-state index in [1.807, 2.05) is 6.92 Å². The molecule has 0 saturated heterocycles. The van der Waals surface area contributed by atoms with Gasteiger partial charge in [-0.1, -0.05) is 22.0 Å². The Morgan fingerprint density at radius 3 is 2.37 bits per heavy atom. The summed E-state index contributed by atoms with van der Waals surface area (Å²) in [6.07, 6.45) is 0. The molecule has 2 rings (SSSR count). The van der Waals surface area contributed by atoms with Crippen LogP contribution in [-0.4, -0.2) is 5.91 Å². The number of benzene rings is 2. The smallest absolute Gasteiger partial charge is 0.255 e. The van der Waals surface area contributed by atoms with Crippen LogP contribution in [-0.2, 0) is 0 Å². The molecule has 2 aromatic carbocycles. The number of carbonyl (C=O) groups excluding carboxylic acids is 1. The van der Waals surface area contributed by atoms with Gasteiger partial charge in [0.15, 0.2) is 0 Å². The Hall–Kier alpha value is -1.75. The molecule has 2 nitrogen and oxygen atoms in total. The van der Waals surface area contributed by atoms with E-state index in [4.69, 9.17) is 0 Å². The fourth-order valence-corrected chi connectivity index (χ4v) is 1.84. The molecule has 0 aliphatic carbocycles. The first-order chi connectivity index (χ1) is 8.99. The first-order valence-corrected chi connectivity index (χ1v) is 6.30. The lowest BCUT2D eigenvalue weighted by molar-refractivity contribution is 0.102. The van der Waals surface area contributed by atoms with Crippen molar-refractivity contribution >= 4 is 27.5 Å². The van der Waals surface area contributed by atoms with E-state index in [9.17, 15) is 13.6 Å². The summed E-state index contributed by atoms with van der Waals surface area (Å²) < 4.78 is 27.7. The number of halogens is 3. The van der Waals surface area contributed by atoms with Crippen LogP contribution < -0.4 is 5.32 Å². The van der Waals surface area contributed by atoms with E-state index >= 15 is 0 Å². The topological polar surface area (TPSA) is 29.1 Å². The summed E-state index contributed by atoms with van der Waals surface area (Å²) >= 11 is 3.32. The fourth-order valence-electron chi connectivity index (χ4n) is 1.59. The molecular formula is C14H10BrF2NO. The van der Waals surface area contributed by atoms with E-state index in [2.05, 4.69) is 21.2 Å². The van der Waals surface area contributed by atoms with Gasteiger partial charge in [0.05, 0.1) is 0 Å². The summed E-state index contributed by atoms with van der Waals surface area (Å²) in [6.45, 7) is 1.82. The molecule has 0 heterocycles. The van der Waals surface area contributed by atoms with Crippen molar-refractivity contribution in [2.24, 2.45) is 0 Å². The standard InChI is InChI=1S/C14H10BrF2NO/c1-8-7-9(5-6-10(8)15)14(19)18-13-11(16)3-2-4-12(13)17/h2-7H,1H3,(H,18,19). The highest BCUT2D eigenvalue weighted by molar-refractivity contribution is 9.10. The van der Waals surface area contributed by atoms with Gasteiger partial charge in [-0.05, 0) is 42.8 Å². The summed E-state index contributed by atoms with van der Waals surface area (Å²) in [5, 5.41) is 2.24. The zero-order valence-corrected chi connectivity index (χ0v) is 11.6. The molecule has 2 aromatic rings. The third-order valence-corrected chi connectivity index (χ3v) is 3.51. The number of hydrogen-bond donors (Lipinski definition) is 1. The van der Waals surface area contributed by atoms with Crippen LogP contribution in [0.4, 0.5) is 14.5 Å². The summed E-state index contributed by atoms with van der Waals surface area (Å²) in [5.41, 5.74) is 0.762. The molecule has 0 aliphatic heterocycles. The zero-order valence-electron chi connectivity index (χ0n) is 10.0. The second-order valence-electron chi connectivity index (χ2n) is 4.01. The molecule has 98 valence electrons. The monoisotopic (exact) mass is 325 g/mol. The second kappa shape index (κ2) is 5.48. The third kappa shape index (κ3) is 2.98. The van der Waals surface area contributed by atoms with E-state index in [0.29, 0.717) is 5.56 Å². The number of nitrogens with one attached hydrogen (secondary N) is 1. The number of hydrogen-bond acceptors (Lipinski definition) is 1. The minimum Gasteiger partial charge on any atom is -0.317 e. The molecule has 0 radical (unpaired) electrons. The second-order valence-corrected chi connectivity index (χ2v) is 4.87. The third-order valence-electron chi connectivity index (χ3n) is 2.62. The summed E-state index contributed by atoms with van der Waals surface area (Å²) in [6, 6.07) is 8.34. The summed E-state index contributed by atoms with van der Waals surface area (Å²) in [4.78, 5) is 11.9. The van der Waals surface area contributed by atoms with Gasteiger partial charge in [-0.15, -0.1) is 0 Å². The van der Waals surface area contributed by atoms with Crippen molar-refractivity contribution in [3.8, 4) is 0 Å². The lowest BCUT2D eigenvalue weighted by atomic mass is 10.1. The van der Waals surface area contributed by atoms with Crippen molar-refractivity contribution in [2.75, 3.05) is 5.32 Å². The maximum Gasteiger partial charge on any atom is 0.255 e. The summed E-state index contributed by atoms with van der Waals surface area (Å²) in [7, 11) is 0. The SMILES string of the molecule is Cc1cc(C(=O)Nc2c(F)cccc2F)ccc1Br. The lowest BCUT2D eigenvalue weighted by Gasteiger charge is -2.08. The Kier molecular flexibility index (Phi) is 3.95. The van der Waals surface area contributed by atoms with Crippen LogP contribution in [0.2, 0.25) is 0 Å². The number of carbonyl (C=O) groups is 1. The Balaban J connectivity index is 2.28. The van der Waals surface area contributed by atoms with Crippen molar-refractivity contribution < 1.29 is 13.6 Å². The van der Waals surface area contributed by atoms with Crippen LogP contribution in [0.1, 0.15) is 15.9 Å². The number of amides is 1. The van der Waals surface area contributed by atoms with E-state index in [1.54, 1.807) is 18.2 Å². The van der Waals surface area contributed by atoms with Gasteiger partial charge in [-0.25, -0.2) is 8.78 Å². The van der Waals surface area contributed by atoms with Crippen molar-refractivity contribution in [2.45, 2.75) is 6.92 Å². The molecule has 1 amide bonds. The molecule has 0 atom stereocenters. The number of aryl methyl sites for hydroxylation is 1. The average molecular weight is 326 g/mol. The molecule has 1 N–H and O–H groups in total. The predicted molar refractivity (Wildman–Crippen MR) is 73.2 cm³/mol. The average Bonchev–Trinajstić information content (AvgIpc) is 2.37. The Labute approximate surface area is 117 Å². The minimum atomic E-state index is -0.804. The van der Waals surface area contributed by atoms with Crippen molar-refractivity contribution in [3.63, 3.8) is 0 Å². The Bertz CT molecular complexity index is 623. The van der Waals surface area contributed by atoms with Crippen molar-refractivity contribution in [1.82, 2.24) is 0 Å². The van der Waals surface area contributed by atoms with E-state index in [-0.39, 0.29) is 0 Å². The molecule has 5 heteroatoms. The predicted octanol–water partition coefficient (Wildman–Crippen LogP) is 4.29. The Morgan fingerprint density at radius 2 is 1.79 bits per heavy atom. The fraction of sp³-hybridized carbons (Fsp3) is 0.0714. The first-order valence-electron chi connectivity index (χ1n) is 5.50. The Morgan fingerprint density at radius 1 is 1.16 bits per heavy atom. The molecule has 0 fully saturated rings. The van der Waals surface area contributed by atoms with Crippen LogP contribution in [0.3, 0.4) is 0 Å². The quantitative estimate of drug-likeness (QED) is 0.876. The van der Waals surface area contributed by atoms with Crippen molar-refractivity contribution in [3.05, 3.63) is 63.6 Å². The molecule has 0 saturated carbocycles. The van der Waals surface area contributed by atoms with Gasteiger partial charge < -0.3 is 5.32 Å². The maximum absolute atomic E-state index is 13.4. The van der Waals surface area contributed by atoms with E-state index in [1.165, 1.54) is 6.07 Å². The summed E-state index contributed by atoms with van der Waals surface area (Å²) in [5.74, 6) is -2.16. The van der Waals surface area contributed by atoms with Crippen LogP contribution in [0.25, 0.3) is 0 Å². The maximum atomic E-state index is 13.4. The largest absolute Gasteiger partial charge is 0.317 e. The van der Waals surface area contributed by atoms with Crippen LogP contribution in [0.15, 0.2) is 40.9 Å². The van der Waals surface area contributed by atoms with E-state index < -0.39 is 23.2 Å². The van der Waals surface area contributed by atoms with Crippen LogP contribution in [0.5, 0.6) is 0 Å². The molecular weight excluding hydrogens is 316 g/mol. The minimum absolute atomic E-state index is 0.336. The normalized spacial score (nSPS) is 10.3. The van der Waals surface area contributed by atoms with Crippen LogP contribution >= 0.6 is 15.9 Å². The molecule has 0 bridgehead atoms. The van der Waals surface area contributed by atoms with Crippen molar-refractivity contribution in [1.29, 1.82) is 0 Å². The number of para-hydroxylation sites is 1. The van der Waals surface area contributed by atoms with Gasteiger partial charge in [-0.2, -0.15) is 0 Å². The highest BCUT2D eigenvalue weighted by Gasteiger charge is 2.13. The first kappa shape index (κ1) is 13.7. The van der Waals surface area contributed by atoms with Crippen LogP contribution in [0, 0.1) is 18.6 Å². The molecule has 0 aliphatic rings. The van der Waals surface area contributed by atoms with Gasteiger partial charge in [0.1, 0.15) is 17.3 Å². The van der Waals surface area contributed by atoms with Gasteiger partial charge in [0, 0.05) is 10.0 Å². The molecule has 0 unspecified atom stereocenters. The van der Waals surface area contributed by atoms with Gasteiger partial charge in [0.2, 0.25) is 0 Å². The molecule has 19 heavy (non-hydrogen) atoms. The molecule has 0 aromatic heterocycles. The highest BCUT2D eigenvalue weighted by atomic mass is 79.9. The van der Waals surface area contributed by atoms with Gasteiger partial charge in [0.25, 0.3) is 5.91 Å². The highest BCUT2D eigenvalue weighted by Crippen LogP contribution is 2.21. The molecule has 0 spiro atoms. The van der Waals surface area contributed by atoms with E-state index in [0.717, 1.165) is 22.2 Å². The van der Waals surface area contributed by atoms with Gasteiger partial charge >= 0.3 is 0 Å². The number of anilines is 1. The van der Waals surface area contributed by atoms with Gasteiger partial charge in [-0.3, -0.25) is 4.79 Å². The lowest BCUT2D eigenvalue weighted by Crippen LogP contribution is -2.14. The number of rotatable bonds is 2. The zero-order chi connectivity index (χ0) is 14.0.